The van der Waals surface area contributed by atoms with E-state index in [2.05, 4.69) is 16.0 Å². The van der Waals surface area contributed by atoms with Gasteiger partial charge in [0, 0.05) is 13.1 Å². The number of nitrogens with one attached hydrogen (secondary N) is 3. The van der Waals surface area contributed by atoms with Gasteiger partial charge in [-0.2, -0.15) is 0 Å². The van der Waals surface area contributed by atoms with E-state index in [0.29, 0.717) is 51.7 Å². The third-order valence-electron chi connectivity index (χ3n) is 6.87. The summed E-state index contributed by atoms with van der Waals surface area (Å²) in [5.41, 5.74) is 5.44. The molecule has 4 atom stereocenters. The molecule has 5 N–H and O–H groups in total. The van der Waals surface area contributed by atoms with Crippen LogP contribution >= 0.6 is 0 Å². The van der Waals surface area contributed by atoms with Crippen molar-refractivity contribution in [1.29, 1.82) is 0 Å². The first-order valence-electron chi connectivity index (χ1n) is 12.5. The molecule has 11 heteroatoms. The van der Waals surface area contributed by atoms with Crippen molar-refractivity contribution < 1.29 is 24.0 Å². The van der Waals surface area contributed by atoms with Gasteiger partial charge in [-0.15, -0.1) is 0 Å². The van der Waals surface area contributed by atoms with Crippen LogP contribution in [0, 0.1) is 0 Å². The summed E-state index contributed by atoms with van der Waals surface area (Å²) in [5, 5.41) is 8.34. The lowest BCUT2D eigenvalue weighted by Crippen LogP contribution is -2.55. The lowest BCUT2D eigenvalue weighted by atomic mass is 10.1. The zero-order valence-electron chi connectivity index (χ0n) is 19.7. The second kappa shape index (κ2) is 12.8. The predicted molar refractivity (Wildman–Crippen MR) is 124 cm³/mol. The van der Waals surface area contributed by atoms with Crippen LogP contribution in [0.1, 0.15) is 57.8 Å². The van der Waals surface area contributed by atoms with Gasteiger partial charge in [0.15, 0.2) is 0 Å². The molecule has 0 aromatic carbocycles. The van der Waals surface area contributed by atoms with E-state index in [-0.39, 0.29) is 24.4 Å². The molecule has 3 fully saturated rings. The monoisotopic (exact) mass is 477 g/mol. The fourth-order valence-electron chi connectivity index (χ4n) is 5.06. The highest BCUT2D eigenvalue weighted by Gasteiger charge is 2.43. The second-order valence-corrected chi connectivity index (χ2v) is 9.27. The summed E-state index contributed by atoms with van der Waals surface area (Å²) in [5.74, 6) is -1.11. The van der Waals surface area contributed by atoms with Crippen LogP contribution in [0.25, 0.3) is 0 Å². The third-order valence-corrected chi connectivity index (χ3v) is 6.87. The molecule has 0 aromatic rings. The van der Waals surface area contributed by atoms with Crippen LogP contribution in [0.15, 0.2) is 0 Å². The van der Waals surface area contributed by atoms with Crippen molar-refractivity contribution in [3.05, 3.63) is 0 Å². The second-order valence-electron chi connectivity index (χ2n) is 9.27. The van der Waals surface area contributed by atoms with Crippen molar-refractivity contribution in [1.82, 2.24) is 25.8 Å². The molecule has 3 saturated heterocycles. The van der Waals surface area contributed by atoms with Gasteiger partial charge in [-0.3, -0.25) is 24.0 Å². The average Bonchev–Trinajstić information content (AvgIpc) is 3.62. The minimum absolute atomic E-state index is 0.0294. The largest absolute Gasteiger partial charge is 0.345 e. The summed E-state index contributed by atoms with van der Waals surface area (Å²) < 4.78 is 0. The fourth-order valence-corrected chi connectivity index (χ4v) is 5.06. The molecule has 0 aromatic heterocycles. The van der Waals surface area contributed by atoms with E-state index in [4.69, 9.17) is 5.73 Å². The number of nitrogens with two attached hydrogens (primary N) is 1. The van der Waals surface area contributed by atoms with Crippen molar-refractivity contribution in [3.8, 4) is 0 Å². The van der Waals surface area contributed by atoms with Crippen LogP contribution in [0.5, 0.6) is 0 Å². The van der Waals surface area contributed by atoms with Gasteiger partial charge in [0.25, 0.3) is 0 Å². The molecular formula is C23H37N6O5. The maximum Gasteiger partial charge on any atom is 0.246 e. The van der Waals surface area contributed by atoms with Crippen molar-refractivity contribution in [2.45, 2.75) is 82.0 Å². The number of carbonyl (C=O) groups excluding carboxylic acids is 5. The van der Waals surface area contributed by atoms with Gasteiger partial charge in [-0.1, -0.05) is 0 Å². The van der Waals surface area contributed by atoms with E-state index in [9.17, 15) is 24.0 Å². The molecule has 3 aliphatic rings. The van der Waals surface area contributed by atoms with E-state index in [1.807, 2.05) is 0 Å². The van der Waals surface area contributed by atoms with Crippen LogP contribution in [0.3, 0.4) is 0 Å². The number of nitrogens with zero attached hydrogens (tertiary/aromatic N) is 2. The van der Waals surface area contributed by atoms with Gasteiger partial charge in [0.05, 0.1) is 18.6 Å². The maximum atomic E-state index is 13.3. The van der Waals surface area contributed by atoms with Gasteiger partial charge < -0.3 is 31.5 Å². The predicted octanol–water partition coefficient (Wildman–Crippen LogP) is -1.44. The molecule has 3 rings (SSSR count). The number of hydrogen-bond acceptors (Lipinski definition) is 7. The first kappa shape index (κ1) is 26.1. The molecule has 34 heavy (non-hydrogen) atoms. The van der Waals surface area contributed by atoms with E-state index >= 15 is 0 Å². The minimum Gasteiger partial charge on any atom is -0.345 e. The van der Waals surface area contributed by atoms with E-state index in [1.54, 1.807) is 16.1 Å². The van der Waals surface area contributed by atoms with Gasteiger partial charge in [0.2, 0.25) is 29.9 Å². The van der Waals surface area contributed by atoms with Gasteiger partial charge >= 0.3 is 0 Å². The summed E-state index contributed by atoms with van der Waals surface area (Å²) in [4.78, 5) is 65.5. The van der Waals surface area contributed by atoms with E-state index < -0.39 is 29.9 Å². The fraction of sp³-hybridized carbons (Fsp3) is 0.783. The highest BCUT2D eigenvalue weighted by Crippen LogP contribution is 2.26. The normalized spacial score (nSPS) is 25.3. The minimum atomic E-state index is -0.735. The zero-order valence-corrected chi connectivity index (χ0v) is 19.7. The Morgan fingerprint density at radius 1 is 0.971 bits per heavy atom. The smallest absolute Gasteiger partial charge is 0.246 e. The number of amides is 4. The highest BCUT2D eigenvalue weighted by molar-refractivity contribution is 5.95. The molecule has 189 valence electrons. The van der Waals surface area contributed by atoms with Crippen molar-refractivity contribution in [2.24, 2.45) is 5.73 Å². The molecule has 0 bridgehead atoms. The molecular weight excluding hydrogens is 440 g/mol. The molecule has 1 radical (unpaired) electrons. The summed E-state index contributed by atoms with van der Waals surface area (Å²) in [6, 6.07) is -2.17. The van der Waals surface area contributed by atoms with E-state index in [1.165, 1.54) is 0 Å². The molecule has 0 spiro atoms. The summed E-state index contributed by atoms with van der Waals surface area (Å²) >= 11 is 0. The topological polar surface area (TPSA) is 154 Å². The van der Waals surface area contributed by atoms with Crippen LogP contribution in [0.4, 0.5) is 0 Å². The Morgan fingerprint density at radius 3 is 2.32 bits per heavy atom. The number of unbranched alkanes of at least 4 members (excludes halogenated alkanes) is 1. The molecule has 0 unspecified atom stereocenters. The molecule has 0 aliphatic carbocycles. The number of likely N-dealkylation sites (tertiary alicyclic amines) is 2. The van der Waals surface area contributed by atoms with Crippen LogP contribution in [-0.4, -0.2) is 96.6 Å². The van der Waals surface area contributed by atoms with Gasteiger partial charge in [-0.05, 0) is 70.9 Å². The number of rotatable bonds is 11. The number of hydrogen-bond donors (Lipinski definition) is 4. The number of carbonyl (C=O) groups is 4. The summed E-state index contributed by atoms with van der Waals surface area (Å²) in [6.45, 7) is 2.04. The Morgan fingerprint density at radius 2 is 1.68 bits per heavy atom. The SMILES string of the molecule is NCCCC[C@@H]([C]=O)NC(=O)CNC(=O)[C@@H]1CCCN1C(=O)[C@@H]1CCCN1C(=O)[C@@H]1CCCN1. The standard InChI is InChI=1S/C23H37N6O5/c24-10-2-1-6-16(15-30)27-20(31)14-26-21(32)18-8-4-12-28(18)23(34)19-9-5-13-29(19)22(33)17-7-3-11-25-17/h16-19,25H,1-14,24H2,(H,26,32)(H,27,31)/t16-,17-,18-,19-/m0/s1. The van der Waals surface area contributed by atoms with Crippen molar-refractivity contribution in [3.63, 3.8) is 0 Å². The first-order chi connectivity index (χ1) is 16.5. The first-order valence-corrected chi connectivity index (χ1v) is 12.5. The maximum absolute atomic E-state index is 13.3. The third kappa shape index (κ3) is 6.53. The zero-order chi connectivity index (χ0) is 24.5. The van der Waals surface area contributed by atoms with Crippen molar-refractivity contribution in [2.75, 3.05) is 32.7 Å². The lowest BCUT2D eigenvalue weighted by Gasteiger charge is -2.32. The van der Waals surface area contributed by atoms with Crippen LogP contribution in [-0.2, 0) is 24.0 Å². The molecule has 0 saturated carbocycles. The Balaban J connectivity index is 1.51. The van der Waals surface area contributed by atoms with Crippen LogP contribution < -0.4 is 21.7 Å². The summed E-state index contributed by atoms with van der Waals surface area (Å²) in [7, 11) is 0. The molecule has 3 aliphatic heterocycles. The van der Waals surface area contributed by atoms with Gasteiger partial charge in [-0.25, -0.2) is 0 Å². The van der Waals surface area contributed by atoms with Crippen molar-refractivity contribution >= 4 is 29.9 Å². The Bertz CT molecular complexity index is 756. The molecule has 11 nitrogen and oxygen atoms in total. The van der Waals surface area contributed by atoms with Gasteiger partial charge in [0.1, 0.15) is 12.1 Å². The lowest BCUT2D eigenvalue weighted by molar-refractivity contribution is -0.147. The average molecular weight is 478 g/mol. The van der Waals surface area contributed by atoms with Crippen LogP contribution in [0.2, 0.25) is 0 Å². The molecule has 3 heterocycles. The van der Waals surface area contributed by atoms with E-state index in [0.717, 1.165) is 32.2 Å². The Hall–Kier alpha value is -2.53. The quantitative estimate of drug-likeness (QED) is 0.266. The highest BCUT2D eigenvalue weighted by atomic mass is 16.2. The summed E-state index contributed by atoms with van der Waals surface area (Å²) in [6.07, 6.45) is 7.96. The Labute approximate surface area is 200 Å². The Kier molecular flexibility index (Phi) is 9.82. The molecule has 4 amide bonds.